The maximum atomic E-state index is 13.9. The molecule has 0 saturated heterocycles. The summed E-state index contributed by atoms with van der Waals surface area (Å²) in [5.74, 6) is -1.67. The van der Waals surface area contributed by atoms with Crippen molar-refractivity contribution in [2.75, 3.05) is 11.3 Å². The first-order valence-electron chi connectivity index (χ1n) is 15.0. The van der Waals surface area contributed by atoms with E-state index in [1.165, 1.54) is 53.4 Å². The van der Waals surface area contributed by atoms with Crippen LogP contribution in [-0.4, -0.2) is 31.7 Å². The Balaban J connectivity index is 1.35. The van der Waals surface area contributed by atoms with Crippen molar-refractivity contribution >= 4 is 27.5 Å². The number of hydrogen-bond donors (Lipinski definition) is 2. The van der Waals surface area contributed by atoms with Gasteiger partial charge in [0.1, 0.15) is 23.4 Å². The van der Waals surface area contributed by atoms with Gasteiger partial charge in [-0.3, -0.25) is 14.3 Å². The van der Waals surface area contributed by atoms with Crippen molar-refractivity contribution in [2.45, 2.75) is 31.0 Å². The number of anilines is 1. The van der Waals surface area contributed by atoms with Gasteiger partial charge in [0.05, 0.1) is 4.90 Å². The van der Waals surface area contributed by atoms with Crippen molar-refractivity contribution in [3.63, 3.8) is 0 Å². The third-order valence-electron chi connectivity index (χ3n) is 7.44. The van der Waals surface area contributed by atoms with Crippen LogP contribution >= 0.6 is 0 Å². The van der Waals surface area contributed by atoms with E-state index in [9.17, 15) is 26.8 Å². The van der Waals surface area contributed by atoms with Crippen LogP contribution in [0.25, 0.3) is 0 Å². The molecule has 5 aromatic rings. The molecule has 0 fully saturated rings. The van der Waals surface area contributed by atoms with Crippen LogP contribution in [-0.2, 0) is 32.7 Å². The van der Waals surface area contributed by atoms with Crippen LogP contribution in [0.2, 0.25) is 0 Å². The quantitative estimate of drug-likeness (QED) is 0.148. The molecule has 5 rings (SSSR count). The van der Waals surface area contributed by atoms with E-state index in [0.29, 0.717) is 11.1 Å². The molecule has 1 unspecified atom stereocenters. The summed E-state index contributed by atoms with van der Waals surface area (Å²) in [6.45, 7) is 1.71. The highest BCUT2D eigenvalue weighted by Gasteiger charge is 2.32. The molecule has 246 valence electrons. The van der Waals surface area contributed by atoms with E-state index in [-0.39, 0.29) is 29.4 Å². The molecule has 5 aromatic carbocycles. The number of carbonyl (C=O) groups is 2. The number of carbonyl (C=O) groups excluding carboxylic acids is 2. The summed E-state index contributed by atoms with van der Waals surface area (Å²) in [4.78, 5) is 29.0. The molecule has 0 aliphatic heterocycles. The molecular formula is C37H33F2N3O5S. The average molecular weight is 670 g/mol. The highest BCUT2D eigenvalue weighted by atomic mass is 32.2. The highest BCUT2D eigenvalue weighted by molar-refractivity contribution is 7.92. The van der Waals surface area contributed by atoms with Gasteiger partial charge in [-0.05, 0) is 84.3 Å². The van der Waals surface area contributed by atoms with Gasteiger partial charge in [-0.1, -0.05) is 72.3 Å². The van der Waals surface area contributed by atoms with Crippen molar-refractivity contribution in [1.82, 2.24) is 10.2 Å². The average Bonchev–Trinajstić information content (AvgIpc) is 3.09. The van der Waals surface area contributed by atoms with Gasteiger partial charge in [0.2, 0.25) is 5.91 Å². The number of amides is 2. The zero-order valence-electron chi connectivity index (χ0n) is 26.0. The first kappa shape index (κ1) is 33.8. The van der Waals surface area contributed by atoms with E-state index in [1.54, 1.807) is 42.5 Å². The molecule has 0 heterocycles. The molecule has 0 aliphatic rings. The minimum atomic E-state index is -3.98. The lowest BCUT2D eigenvalue weighted by Crippen LogP contribution is -2.45. The Kier molecular flexibility index (Phi) is 10.8. The Bertz CT molecular complexity index is 1940. The SMILES string of the molecule is Cc1ccc(CNC(=O)C(c2ccccc2)N(Cc2ccc(F)cc2)C(=O)COc2ccc(S(=O)(=O)Nc3ccc(F)cc3)cc2)cc1. The number of halogens is 2. The van der Waals surface area contributed by atoms with Crippen molar-refractivity contribution in [3.8, 4) is 5.75 Å². The molecule has 2 N–H and O–H groups in total. The van der Waals surface area contributed by atoms with Crippen LogP contribution in [0.1, 0.15) is 28.3 Å². The lowest BCUT2D eigenvalue weighted by atomic mass is 10.0. The van der Waals surface area contributed by atoms with Crippen molar-refractivity contribution < 1.29 is 31.5 Å². The first-order valence-corrected chi connectivity index (χ1v) is 16.5. The molecule has 48 heavy (non-hydrogen) atoms. The number of ether oxygens (including phenoxy) is 1. The molecule has 1 atom stereocenters. The van der Waals surface area contributed by atoms with Gasteiger partial charge in [-0.25, -0.2) is 17.2 Å². The third kappa shape index (κ3) is 9.04. The molecule has 0 aliphatic carbocycles. The molecule has 0 radical (unpaired) electrons. The van der Waals surface area contributed by atoms with Crippen LogP contribution in [0, 0.1) is 18.6 Å². The molecule has 0 bridgehead atoms. The molecule has 8 nitrogen and oxygen atoms in total. The van der Waals surface area contributed by atoms with Gasteiger partial charge in [-0.2, -0.15) is 0 Å². The van der Waals surface area contributed by atoms with E-state index in [0.717, 1.165) is 23.3 Å². The standard InChI is InChI=1S/C37H33F2N3O5S/c1-26-7-9-27(10-8-26)23-40-37(44)36(29-5-3-2-4-6-29)42(24-28-11-13-30(38)14-12-28)35(43)25-47-33-19-21-34(22-20-33)48(45,46)41-32-17-15-31(39)16-18-32/h2-22,36,41H,23-25H2,1H3,(H,40,44). The second-order valence-electron chi connectivity index (χ2n) is 11.0. The Hall–Kier alpha value is -5.55. The lowest BCUT2D eigenvalue weighted by molar-refractivity contribution is -0.143. The van der Waals surface area contributed by atoms with Gasteiger partial charge in [-0.15, -0.1) is 0 Å². The first-order chi connectivity index (χ1) is 23.1. The van der Waals surface area contributed by atoms with Crippen molar-refractivity contribution in [1.29, 1.82) is 0 Å². The van der Waals surface area contributed by atoms with E-state index >= 15 is 0 Å². The van der Waals surface area contributed by atoms with Crippen LogP contribution in [0.4, 0.5) is 14.5 Å². The molecule has 0 aromatic heterocycles. The van der Waals surface area contributed by atoms with E-state index < -0.39 is 46.1 Å². The lowest BCUT2D eigenvalue weighted by Gasteiger charge is -2.31. The number of rotatable bonds is 13. The summed E-state index contributed by atoms with van der Waals surface area (Å²) in [6.07, 6.45) is 0. The fraction of sp³-hybridized carbons (Fsp3) is 0.135. The predicted molar refractivity (Wildman–Crippen MR) is 178 cm³/mol. The fourth-order valence-electron chi connectivity index (χ4n) is 4.88. The Morgan fingerprint density at radius 2 is 1.33 bits per heavy atom. The van der Waals surface area contributed by atoms with Gasteiger partial charge in [0.15, 0.2) is 6.61 Å². The van der Waals surface area contributed by atoms with Crippen LogP contribution in [0.5, 0.6) is 5.75 Å². The number of nitrogens with zero attached hydrogens (tertiary/aromatic N) is 1. The summed E-state index contributed by atoms with van der Waals surface area (Å²) in [5.41, 5.74) is 3.33. The highest BCUT2D eigenvalue weighted by Crippen LogP contribution is 2.25. The van der Waals surface area contributed by atoms with Crippen LogP contribution < -0.4 is 14.8 Å². The Morgan fingerprint density at radius 1 is 0.750 bits per heavy atom. The zero-order chi connectivity index (χ0) is 34.1. The van der Waals surface area contributed by atoms with E-state index in [4.69, 9.17) is 4.74 Å². The summed E-state index contributed by atoms with van der Waals surface area (Å²) < 4.78 is 60.7. The number of sulfonamides is 1. The predicted octanol–water partition coefficient (Wildman–Crippen LogP) is 6.54. The summed E-state index contributed by atoms with van der Waals surface area (Å²) >= 11 is 0. The number of aryl methyl sites for hydroxylation is 1. The molecule has 0 saturated carbocycles. The van der Waals surface area contributed by atoms with Crippen LogP contribution in [0.3, 0.4) is 0 Å². The minimum Gasteiger partial charge on any atom is -0.484 e. The number of hydrogen-bond acceptors (Lipinski definition) is 5. The van der Waals surface area contributed by atoms with Crippen molar-refractivity contribution in [3.05, 3.63) is 161 Å². The summed E-state index contributed by atoms with van der Waals surface area (Å²) in [5, 5.41) is 2.95. The van der Waals surface area contributed by atoms with Crippen molar-refractivity contribution in [2.24, 2.45) is 0 Å². The van der Waals surface area contributed by atoms with Gasteiger partial charge < -0.3 is 15.0 Å². The van der Waals surface area contributed by atoms with Crippen LogP contribution in [0.15, 0.2) is 132 Å². The molecule has 2 amide bonds. The smallest absolute Gasteiger partial charge is 0.261 e. The number of nitrogens with one attached hydrogen (secondary N) is 2. The second kappa shape index (κ2) is 15.4. The normalized spacial score (nSPS) is 11.7. The van der Waals surface area contributed by atoms with Gasteiger partial charge in [0.25, 0.3) is 15.9 Å². The third-order valence-corrected chi connectivity index (χ3v) is 8.84. The zero-order valence-corrected chi connectivity index (χ0v) is 26.8. The van der Waals surface area contributed by atoms with Gasteiger partial charge in [0, 0.05) is 18.8 Å². The molecule has 11 heteroatoms. The minimum absolute atomic E-state index is 0.0216. The Labute approximate surface area is 278 Å². The Morgan fingerprint density at radius 3 is 1.96 bits per heavy atom. The largest absolute Gasteiger partial charge is 0.484 e. The second-order valence-corrected chi connectivity index (χ2v) is 12.7. The maximum Gasteiger partial charge on any atom is 0.261 e. The topological polar surface area (TPSA) is 105 Å². The monoisotopic (exact) mass is 669 g/mol. The van der Waals surface area contributed by atoms with E-state index in [2.05, 4.69) is 10.0 Å². The summed E-state index contributed by atoms with van der Waals surface area (Å²) in [6, 6.07) is 31.5. The van der Waals surface area contributed by atoms with E-state index in [1.807, 2.05) is 31.2 Å². The maximum absolute atomic E-state index is 13.9. The molecular weight excluding hydrogens is 636 g/mol. The fourth-order valence-corrected chi connectivity index (χ4v) is 5.94. The summed E-state index contributed by atoms with van der Waals surface area (Å²) in [7, 11) is -3.98. The molecule has 0 spiro atoms. The number of benzene rings is 5. The van der Waals surface area contributed by atoms with Gasteiger partial charge >= 0.3 is 0 Å².